The van der Waals surface area contributed by atoms with Crippen LogP contribution in [0.5, 0.6) is 0 Å². The van der Waals surface area contributed by atoms with Gasteiger partial charge in [0.2, 0.25) is 0 Å². The predicted octanol–water partition coefficient (Wildman–Crippen LogP) is 19.5. The summed E-state index contributed by atoms with van der Waals surface area (Å²) in [7, 11) is 0. The van der Waals surface area contributed by atoms with E-state index in [-0.39, 0.29) is 0 Å². The Kier molecular flexibility index (Phi) is 12.1. The van der Waals surface area contributed by atoms with Crippen molar-refractivity contribution in [2.75, 3.05) is 0 Å². The van der Waals surface area contributed by atoms with Gasteiger partial charge in [-0.2, -0.15) is 0 Å². The smallest absolute Gasteiger partial charge is 0.164 e. The second-order valence-electron chi connectivity index (χ2n) is 21.8. The standard InChI is InChI=1S/C77H45N9OS/c1-3-10-48(11-4-1)66-44-67(83-74(82-66)52-31-34-78-35-32-52)49-21-17-46(18-22-49)53-26-29-64-59(36-53)42-69-72(80-64)62-28-25-55(41-68(62)87-69)47-19-23-51(24-20-47)76-84-75(50-12-5-2-6-13-50)85-77(86-76)61-39-57(38-58(40-61)56-14-9-33-79-45-56)54-27-30-65-60(37-54)43-71-73(81-65)63-15-7-8-16-70(63)88-71/h1-45H. The molecule has 0 bridgehead atoms. The molecule has 88 heavy (non-hydrogen) atoms. The first-order valence-electron chi connectivity index (χ1n) is 28.9. The molecule has 17 rings (SSSR count). The number of aromatic nitrogens is 9. The van der Waals surface area contributed by atoms with Crippen molar-refractivity contribution in [1.82, 2.24) is 44.9 Å². The summed E-state index contributed by atoms with van der Waals surface area (Å²) in [5.74, 6) is 2.36. The molecular formula is C77H45N9OS. The first-order valence-corrected chi connectivity index (χ1v) is 29.8. The monoisotopic (exact) mass is 1140 g/mol. The number of benzene rings is 9. The average Bonchev–Trinajstić information content (AvgIpc) is 2.63. The van der Waals surface area contributed by atoms with Gasteiger partial charge in [-0.15, -0.1) is 11.3 Å². The van der Waals surface area contributed by atoms with Crippen LogP contribution >= 0.6 is 11.3 Å². The van der Waals surface area contributed by atoms with E-state index < -0.39 is 0 Å². The van der Waals surface area contributed by atoms with Gasteiger partial charge >= 0.3 is 0 Å². The topological polar surface area (TPSA) is 129 Å². The van der Waals surface area contributed by atoms with Gasteiger partial charge in [0.05, 0.1) is 32.6 Å². The zero-order valence-electron chi connectivity index (χ0n) is 46.8. The van der Waals surface area contributed by atoms with Crippen LogP contribution in [0.15, 0.2) is 278 Å². The molecule has 17 aromatic rings. The van der Waals surface area contributed by atoms with E-state index in [4.69, 9.17) is 39.3 Å². The molecule has 0 spiro atoms. The Balaban J connectivity index is 0.680. The molecular weight excluding hydrogens is 1100 g/mol. The number of hydrogen-bond acceptors (Lipinski definition) is 11. The Bertz CT molecular complexity index is 5490. The van der Waals surface area contributed by atoms with E-state index in [0.29, 0.717) is 23.3 Å². The van der Waals surface area contributed by atoms with Crippen LogP contribution in [0.1, 0.15) is 0 Å². The van der Waals surface area contributed by atoms with Crippen molar-refractivity contribution in [2.24, 2.45) is 0 Å². The summed E-state index contributed by atoms with van der Waals surface area (Å²) in [5.41, 5.74) is 20.7. The van der Waals surface area contributed by atoms with Crippen molar-refractivity contribution in [3.63, 3.8) is 0 Å². The molecule has 8 heterocycles. The SMILES string of the molecule is c1ccc(-c2cc(-c3ccc(-c4ccc5nc6c(cc5c4)oc4cc(-c5ccc(-c7nc(-c8ccccc8)nc(-c8cc(-c9cccnc9)cc(-c9ccc%10nc%11c(cc%10c9)sc9ccccc9%11)c8)n7)cc5)ccc46)cc3)nc(-c3ccncc3)n2)cc1. The highest BCUT2D eigenvalue weighted by Gasteiger charge is 2.19. The highest BCUT2D eigenvalue weighted by molar-refractivity contribution is 7.25. The van der Waals surface area contributed by atoms with Crippen molar-refractivity contribution in [3.05, 3.63) is 274 Å². The first kappa shape index (κ1) is 50.7. The van der Waals surface area contributed by atoms with E-state index in [1.54, 1.807) is 29.9 Å². The summed E-state index contributed by atoms with van der Waals surface area (Å²) in [6.07, 6.45) is 7.23. The third-order valence-corrected chi connectivity index (χ3v) is 17.4. The molecule has 11 heteroatoms. The van der Waals surface area contributed by atoms with Gasteiger partial charge in [-0.25, -0.2) is 34.9 Å². The minimum atomic E-state index is 0.560. The number of rotatable bonds is 10. The van der Waals surface area contributed by atoms with Gasteiger partial charge in [0.1, 0.15) is 11.1 Å². The first-order chi connectivity index (χ1) is 43.5. The Hall–Kier alpha value is -11.8. The molecule has 410 valence electrons. The maximum atomic E-state index is 6.63. The third-order valence-electron chi connectivity index (χ3n) is 16.3. The minimum absolute atomic E-state index is 0.560. The molecule has 9 aromatic carbocycles. The van der Waals surface area contributed by atoms with Crippen LogP contribution in [0.25, 0.3) is 177 Å². The fourth-order valence-corrected chi connectivity index (χ4v) is 12.9. The summed E-state index contributed by atoms with van der Waals surface area (Å²) in [6, 6.07) is 85.8. The van der Waals surface area contributed by atoms with Gasteiger partial charge < -0.3 is 4.42 Å². The zero-order chi connectivity index (χ0) is 58.1. The van der Waals surface area contributed by atoms with E-state index in [9.17, 15) is 0 Å². The van der Waals surface area contributed by atoms with Crippen LogP contribution < -0.4 is 0 Å². The molecule has 0 saturated heterocycles. The summed E-state index contributed by atoms with van der Waals surface area (Å²) < 4.78 is 9.03. The van der Waals surface area contributed by atoms with Crippen LogP contribution in [0, 0.1) is 0 Å². The van der Waals surface area contributed by atoms with E-state index >= 15 is 0 Å². The molecule has 0 unspecified atom stereocenters. The number of hydrogen-bond donors (Lipinski definition) is 0. The fraction of sp³-hybridized carbons (Fsp3) is 0. The van der Waals surface area contributed by atoms with Crippen molar-refractivity contribution >= 4 is 75.5 Å². The molecule has 0 aliphatic rings. The summed E-state index contributed by atoms with van der Waals surface area (Å²) in [4.78, 5) is 44.5. The molecule has 0 amide bonds. The average molecular weight is 1140 g/mol. The van der Waals surface area contributed by atoms with Gasteiger partial charge in [0.15, 0.2) is 28.9 Å². The third kappa shape index (κ3) is 9.35. The van der Waals surface area contributed by atoms with E-state index in [0.717, 1.165) is 139 Å². The van der Waals surface area contributed by atoms with Crippen LogP contribution in [0.3, 0.4) is 0 Å². The maximum Gasteiger partial charge on any atom is 0.164 e. The Morgan fingerprint density at radius 1 is 0.261 bits per heavy atom. The number of furan rings is 1. The largest absolute Gasteiger partial charge is 0.454 e. The lowest BCUT2D eigenvalue weighted by atomic mass is 9.95. The van der Waals surface area contributed by atoms with E-state index in [2.05, 4.69) is 192 Å². The number of nitrogens with zero attached hydrogens (tertiary/aromatic N) is 9. The van der Waals surface area contributed by atoms with Crippen LogP contribution in [-0.2, 0) is 0 Å². The quantitative estimate of drug-likeness (QED) is 0.130. The molecule has 0 fully saturated rings. The molecule has 0 atom stereocenters. The van der Waals surface area contributed by atoms with Crippen molar-refractivity contribution in [3.8, 4) is 113 Å². The molecule has 0 saturated carbocycles. The zero-order valence-corrected chi connectivity index (χ0v) is 47.6. The van der Waals surface area contributed by atoms with Gasteiger partial charge in [0, 0.05) is 90.0 Å². The number of pyridine rings is 4. The van der Waals surface area contributed by atoms with Gasteiger partial charge in [-0.1, -0.05) is 152 Å². The van der Waals surface area contributed by atoms with E-state index in [1.807, 2.05) is 72.9 Å². The lowest BCUT2D eigenvalue weighted by molar-refractivity contribution is 0.669. The summed E-state index contributed by atoms with van der Waals surface area (Å²) in [5, 5.41) is 4.21. The normalized spacial score (nSPS) is 11.6. The predicted molar refractivity (Wildman–Crippen MR) is 356 cm³/mol. The number of fused-ring (bicyclic) bond motifs is 8. The molecule has 0 aliphatic carbocycles. The lowest BCUT2D eigenvalue weighted by Gasteiger charge is -2.13. The molecule has 0 radical (unpaired) electrons. The highest BCUT2D eigenvalue weighted by Crippen LogP contribution is 2.40. The Morgan fingerprint density at radius 3 is 1.48 bits per heavy atom. The second kappa shape index (κ2) is 21.1. The van der Waals surface area contributed by atoms with Crippen LogP contribution in [-0.4, -0.2) is 44.9 Å². The van der Waals surface area contributed by atoms with E-state index in [1.165, 1.54) is 14.8 Å². The van der Waals surface area contributed by atoms with Crippen molar-refractivity contribution in [1.29, 1.82) is 0 Å². The lowest BCUT2D eigenvalue weighted by Crippen LogP contribution is -2.00. The maximum absolute atomic E-state index is 6.63. The number of thiophene rings is 1. The molecule has 10 nitrogen and oxygen atoms in total. The van der Waals surface area contributed by atoms with Gasteiger partial charge in [-0.05, 0) is 136 Å². The Labute approximate surface area is 508 Å². The van der Waals surface area contributed by atoms with Gasteiger partial charge in [0.25, 0.3) is 0 Å². The van der Waals surface area contributed by atoms with Crippen LogP contribution in [0.4, 0.5) is 0 Å². The molecule has 0 N–H and O–H groups in total. The summed E-state index contributed by atoms with van der Waals surface area (Å²) >= 11 is 1.78. The molecule has 0 aliphatic heterocycles. The van der Waals surface area contributed by atoms with Gasteiger partial charge in [-0.3, -0.25) is 9.97 Å². The fourth-order valence-electron chi connectivity index (χ4n) is 11.8. The summed E-state index contributed by atoms with van der Waals surface area (Å²) in [6.45, 7) is 0. The van der Waals surface area contributed by atoms with Crippen molar-refractivity contribution < 1.29 is 4.42 Å². The second-order valence-corrected chi connectivity index (χ2v) is 22.9. The molecule has 8 aromatic heterocycles. The Morgan fingerprint density at radius 2 is 0.773 bits per heavy atom. The highest BCUT2D eigenvalue weighted by atomic mass is 32.1. The van der Waals surface area contributed by atoms with Crippen molar-refractivity contribution in [2.45, 2.75) is 0 Å². The minimum Gasteiger partial charge on any atom is -0.454 e. The van der Waals surface area contributed by atoms with Crippen LogP contribution in [0.2, 0.25) is 0 Å².